The Morgan fingerprint density at radius 2 is 1.94 bits per heavy atom. The third-order valence-electron chi connectivity index (χ3n) is 2.98. The Labute approximate surface area is 104 Å². The van der Waals surface area contributed by atoms with Crippen molar-refractivity contribution in [3.63, 3.8) is 0 Å². The van der Waals surface area contributed by atoms with E-state index in [0.717, 1.165) is 12.7 Å². The fourth-order valence-corrected chi connectivity index (χ4v) is 14.5. The maximum atomic E-state index is 6.45. The number of unbranched alkanes of at least 4 members (excludes halogenated alkanes) is 1. The molecule has 1 rings (SSSR count). The molecule has 0 saturated carbocycles. The van der Waals surface area contributed by atoms with Crippen LogP contribution < -0.4 is 0 Å². The summed E-state index contributed by atoms with van der Waals surface area (Å²) in [4.78, 5) is 0. The molecule has 1 fully saturated rings. The quantitative estimate of drug-likeness (QED) is 0.743. The van der Waals surface area contributed by atoms with Crippen molar-refractivity contribution in [2.24, 2.45) is 0 Å². The van der Waals surface area contributed by atoms with Crippen molar-refractivity contribution >= 4 is 26.2 Å². The maximum Gasteiger partial charge on any atom is 0.312 e. The lowest BCUT2D eigenvalue weighted by molar-refractivity contribution is 0.244. The molecule has 0 N–H and O–H groups in total. The first-order valence-electron chi connectivity index (χ1n) is 6.36. The average Bonchev–Trinajstić information content (AvgIpc) is 2.11. The fraction of sp³-hybridized carbons (Fsp3) is 1.00. The molecule has 0 aromatic rings. The van der Waals surface area contributed by atoms with Crippen molar-refractivity contribution in [3.05, 3.63) is 0 Å². The lowest BCUT2D eigenvalue weighted by Crippen LogP contribution is -2.53. The largest absolute Gasteiger partial charge is 0.436 e. The van der Waals surface area contributed by atoms with E-state index in [1.165, 1.54) is 18.9 Å². The summed E-state index contributed by atoms with van der Waals surface area (Å²) in [5, 5.41) is 0. The van der Waals surface area contributed by atoms with Crippen LogP contribution in [0.25, 0.3) is 0 Å². The van der Waals surface area contributed by atoms with Crippen LogP contribution >= 0.6 is 0 Å². The summed E-state index contributed by atoms with van der Waals surface area (Å²) >= 11 is 0. The van der Waals surface area contributed by atoms with Crippen molar-refractivity contribution < 1.29 is 12.7 Å². The summed E-state index contributed by atoms with van der Waals surface area (Å²) in [5.74, 6) is 0. The highest BCUT2D eigenvalue weighted by Crippen LogP contribution is 2.27. The SMILES string of the molecule is CCCC[Si]1(C)CCO[SiH](C)O[Si](C)(C)O1. The topological polar surface area (TPSA) is 27.7 Å². The van der Waals surface area contributed by atoms with Gasteiger partial charge in [0.05, 0.1) is 0 Å². The van der Waals surface area contributed by atoms with Crippen LogP contribution in [0.3, 0.4) is 0 Å². The molecule has 0 bridgehead atoms. The second kappa shape index (κ2) is 5.92. The van der Waals surface area contributed by atoms with E-state index in [1.54, 1.807) is 0 Å². The molecule has 1 aliphatic heterocycles. The van der Waals surface area contributed by atoms with E-state index in [4.69, 9.17) is 12.7 Å². The zero-order valence-electron chi connectivity index (χ0n) is 11.3. The van der Waals surface area contributed by atoms with Gasteiger partial charge in [-0.3, -0.25) is 0 Å². The van der Waals surface area contributed by atoms with Gasteiger partial charge in [-0.05, 0) is 38.3 Å². The molecule has 0 spiro atoms. The molecule has 0 aliphatic carbocycles. The van der Waals surface area contributed by atoms with Gasteiger partial charge in [0.15, 0.2) is 8.32 Å². The molecule has 0 amide bonds. The molecular weight excluding hydrogens is 252 g/mol. The molecule has 1 heterocycles. The van der Waals surface area contributed by atoms with E-state index in [9.17, 15) is 0 Å². The number of hydrogen-bond donors (Lipinski definition) is 0. The maximum absolute atomic E-state index is 6.45. The predicted octanol–water partition coefficient (Wildman–Crippen LogP) is 2.98. The molecule has 96 valence electrons. The van der Waals surface area contributed by atoms with Crippen LogP contribution in [0.15, 0.2) is 0 Å². The Hall–Kier alpha value is 0.531. The van der Waals surface area contributed by atoms with Gasteiger partial charge in [-0.2, -0.15) is 0 Å². The van der Waals surface area contributed by atoms with Gasteiger partial charge >= 0.3 is 17.8 Å². The normalized spacial score (nSPS) is 35.4. The van der Waals surface area contributed by atoms with Crippen LogP contribution in [0.2, 0.25) is 38.3 Å². The highest BCUT2D eigenvalue weighted by molar-refractivity contribution is 6.85. The van der Waals surface area contributed by atoms with E-state index in [1.807, 2.05) is 0 Å². The van der Waals surface area contributed by atoms with Crippen molar-refractivity contribution in [2.45, 2.75) is 58.0 Å². The molecule has 3 nitrogen and oxygen atoms in total. The fourth-order valence-electron chi connectivity index (χ4n) is 2.27. The van der Waals surface area contributed by atoms with Gasteiger partial charge in [0.25, 0.3) is 0 Å². The Bertz CT molecular complexity index is 225. The molecule has 1 aliphatic rings. The van der Waals surface area contributed by atoms with E-state index >= 15 is 0 Å². The van der Waals surface area contributed by atoms with E-state index < -0.39 is 26.2 Å². The molecule has 6 heteroatoms. The van der Waals surface area contributed by atoms with Crippen LogP contribution in [0, 0.1) is 0 Å². The molecule has 2 unspecified atom stereocenters. The van der Waals surface area contributed by atoms with Crippen LogP contribution in [-0.2, 0) is 12.7 Å². The highest BCUT2D eigenvalue weighted by Gasteiger charge is 2.40. The first kappa shape index (κ1) is 14.6. The van der Waals surface area contributed by atoms with E-state index in [-0.39, 0.29) is 0 Å². The molecule has 2 atom stereocenters. The summed E-state index contributed by atoms with van der Waals surface area (Å²) in [5.41, 5.74) is 0. The summed E-state index contributed by atoms with van der Waals surface area (Å²) in [6.07, 6.45) is 2.53. The van der Waals surface area contributed by atoms with Crippen LogP contribution in [0.4, 0.5) is 0 Å². The van der Waals surface area contributed by atoms with E-state index in [0.29, 0.717) is 0 Å². The minimum atomic E-state index is -1.92. The van der Waals surface area contributed by atoms with Crippen LogP contribution in [-0.4, -0.2) is 32.8 Å². The number of hydrogen-bond acceptors (Lipinski definition) is 3. The van der Waals surface area contributed by atoms with Crippen molar-refractivity contribution in [1.29, 1.82) is 0 Å². The Morgan fingerprint density at radius 1 is 1.25 bits per heavy atom. The summed E-state index contributed by atoms with van der Waals surface area (Å²) in [6.45, 7) is 11.9. The predicted molar refractivity (Wildman–Crippen MR) is 74.8 cm³/mol. The molecule has 16 heavy (non-hydrogen) atoms. The van der Waals surface area contributed by atoms with Gasteiger partial charge < -0.3 is 12.7 Å². The Kier molecular flexibility index (Phi) is 5.40. The molecular formula is C10H26O3Si3. The summed E-state index contributed by atoms with van der Waals surface area (Å²) in [6, 6.07) is 2.40. The highest BCUT2D eigenvalue weighted by atomic mass is 28.5. The molecule has 1 saturated heterocycles. The van der Waals surface area contributed by atoms with Gasteiger partial charge in [-0.1, -0.05) is 19.8 Å². The standard InChI is InChI=1S/C10H26O3Si3/c1-6-7-9-16(5)10-8-11-14(2)12-15(3,4)13-16/h14H,6-10H2,1-5H3. The molecule has 0 radical (unpaired) electrons. The minimum Gasteiger partial charge on any atom is -0.436 e. The van der Waals surface area contributed by atoms with Gasteiger partial charge in [0.2, 0.25) is 0 Å². The van der Waals surface area contributed by atoms with Crippen LogP contribution in [0.5, 0.6) is 0 Å². The molecule has 0 aromatic carbocycles. The van der Waals surface area contributed by atoms with Gasteiger partial charge in [0.1, 0.15) is 0 Å². The lowest BCUT2D eigenvalue weighted by atomic mass is 10.4. The van der Waals surface area contributed by atoms with Gasteiger partial charge in [0, 0.05) is 6.61 Å². The van der Waals surface area contributed by atoms with Crippen molar-refractivity contribution in [1.82, 2.24) is 0 Å². The van der Waals surface area contributed by atoms with Crippen LogP contribution in [0.1, 0.15) is 19.8 Å². The monoisotopic (exact) mass is 278 g/mol. The zero-order chi connectivity index (χ0) is 12.2. The third kappa shape index (κ3) is 4.80. The first-order valence-corrected chi connectivity index (χ1v) is 14.1. The van der Waals surface area contributed by atoms with Gasteiger partial charge in [-0.15, -0.1) is 0 Å². The van der Waals surface area contributed by atoms with Gasteiger partial charge in [-0.25, -0.2) is 0 Å². The van der Waals surface area contributed by atoms with E-state index in [2.05, 4.69) is 33.1 Å². The van der Waals surface area contributed by atoms with Crippen molar-refractivity contribution in [3.8, 4) is 0 Å². The summed E-state index contributed by atoms with van der Waals surface area (Å²) < 4.78 is 18.3. The minimum absolute atomic E-state index is 0.851. The Morgan fingerprint density at radius 3 is 2.56 bits per heavy atom. The number of rotatable bonds is 3. The first-order chi connectivity index (χ1) is 7.37. The Balaban J connectivity index is 2.64. The smallest absolute Gasteiger partial charge is 0.312 e. The molecule has 0 aromatic heterocycles. The summed E-state index contributed by atoms with van der Waals surface area (Å²) in [7, 11) is -4.91. The van der Waals surface area contributed by atoms with Crippen molar-refractivity contribution in [2.75, 3.05) is 6.61 Å². The zero-order valence-corrected chi connectivity index (χ0v) is 14.5. The second-order valence-electron chi connectivity index (χ2n) is 5.36. The second-order valence-corrected chi connectivity index (χ2v) is 15.3. The average molecular weight is 279 g/mol. The lowest BCUT2D eigenvalue weighted by Gasteiger charge is -2.39. The third-order valence-corrected chi connectivity index (χ3v) is 13.9.